The van der Waals surface area contributed by atoms with Crippen LogP contribution in [0.15, 0.2) is 42.9 Å². The van der Waals surface area contributed by atoms with Crippen LogP contribution in [0.25, 0.3) is 0 Å². The largest absolute Gasteiger partial charge is 0.316 e. The van der Waals surface area contributed by atoms with Crippen molar-refractivity contribution in [2.24, 2.45) is 0 Å². The fourth-order valence-corrected chi connectivity index (χ4v) is 1.67. The van der Waals surface area contributed by atoms with Crippen LogP contribution in [0.1, 0.15) is 15.9 Å². The second kappa shape index (κ2) is 6.01. The van der Waals surface area contributed by atoms with Crippen molar-refractivity contribution in [1.29, 1.82) is 0 Å². The van der Waals surface area contributed by atoms with Crippen molar-refractivity contribution in [3.05, 3.63) is 54.0 Å². The number of carbonyl (C=O) groups excluding carboxylic acids is 1. The molecule has 2 rings (SSSR count). The number of hydrogen-bond acceptors (Lipinski definition) is 4. The molecule has 96 valence electrons. The standard InChI is InChI=1S/C13H12N4OS/c1-9-3-2-4-10(7-9)12(18)17-13(19)16-11-8-14-5-6-15-11/h2-8H,1H3,(H2,15,16,17,18,19). The average molecular weight is 272 g/mol. The molecule has 0 aliphatic carbocycles. The zero-order chi connectivity index (χ0) is 13.7. The molecule has 0 unspecified atom stereocenters. The molecule has 1 aromatic carbocycles. The van der Waals surface area contributed by atoms with Gasteiger partial charge in [-0.25, -0.2) is 4.98 Å². The van der Waals surface area contributed by atoms with E-state index in [1.165, 1.54) is 12.4 Å². The van der Waals surface area contributed by atoms with Crippen LogP contribution in [0.4, 0.5) is 5.82 Å². The van der Waals surface area contributed by atoms with Crippen LogP contribution >= 0.6 is 12.2 Å². The van der Waals surface area contributed by atoms with Crippen LogP contribution in [0.3, 0.4) is 0 Å². The summed E-state index contributed by atoms with van der Waals surface area (Å²) in [6, 6.07) is 7.27. The Morgan fingerprint density at radius 1 is 1.32 bits per heavy atom. The number of nitrogens with one attached hydrogen (secondary N) is 2. The molecule has 0 bridgehead atoms. The Balaban J connectivity index is 1.98. The third-order valence-corrected chi connectivity index (χ3v) is 2.52. The minimum atomic E-state index is -0.259. The summed E-state index contributed by atoms with van der Waals surface area (Å²) in [6.45, 7) is 1.92. The summed E-state index contributed by atoms with van der Waals surface area (Å²) in [5, 5.41) is 5.56. The normalized spacial score (nSPS) is 9.74. The summed E-state index contributed by atoms with van der Waals surface area (Å²) in [4.78, 5) is 19.8. The van der Waals surface area contributed by atoms with E-state index in [1.807, 2.05) is 19.1 Å². The summed E-state index contributed by atoms with van der Waals surface area (Å²) in [5.41, 5.74) is 1.57. The Labute approximate surface area is 116 Å². The highest BCUT2D eigenvalue weighted by molar-refractivity contribution is 7.80. The lowest BCUT2D eigenvalue weighted by Gasteiger charge is -2.08. The number of hydrogen-bond donors (Lipinski definition) is 2. The molecule has 0 spiro atoms. The van der Waals surface area contributed by atoms with E-state index in [0.29, 0.717) is 11.4 Å². The van der Waals surface area contributed by atoms with E-state index >= 15 is 0 Å². The van der Waals surface area contributed by atoms with Crippen molar-refractivity contribution in [1.82, 2.24) is 15.3 Å². The van der Waals surface area contributed by atoms with Gasteiger partial charge in [-0.15, -0.1) is 0 Å². The Kier molecular flexibility index (Phi) is 4.15. The van der Waals surface area contributed by atoms with E-state index in [2.05, 4.69) is 20.6 Å². The molecule has 0 aliphatic rings. The zero-order valence-electron chi connectivity index (χ0n) is 10.3. The number of benzene rings is 1. The number of nitrogens with zero attached hydrogens (tertiary/aromatic N) is 2. The van der Waals surface area contributed by atoms with Gasteiger partial charge in [-0.1, -0.05) is 17.7 Å². The third kappa shape index (κ3) is 3.82. The van der Waals surface area contributed by atoms with Crippen molar-refractivity contribution >= 4 is 29.1 Å². The van der Waals surface area contributed by atoms with Gasteiger partial charge >= 0.3 is 0 Å². The lowest BCUT2D eigenvalue weighted by Crippen LogP contribution is -2.34. The highest BCUT2D eigenvalue weighted by Crippen LogP contribution is 2.04. The number of thiocarbonyl (C=S) groups is 1. The van der Waals surface area contributed by atoms with E-state index in [0.717, 1.165) is 5.56 Å². The fraction of sp³-hybridized carbons (Fsp3) is 0.0769. The molecule has 0 aliphatic heterocycles. The van der Waals surface area contributed by atoms with Crippen LogP contribution in [0.2, 0.25) is 0 Å². The second-order valence-electron chi connectivity index (χ2n) is 3.87. The maximum absolute atomic E-state index is 11.9. The predicted molar refractivity (Wildman–Crippen MR) is 76.9 cm³/mol. The lowest BCUT2D eigenvalue weighted by atomic mass is 10.1. The summed E-state index contributed by atoms with van der Waals surface area (Å²) >= 11 is 5.03. The van der Waals surface area contributed by atoms with Crippen molar-refractivity contribution in [3.63, 3.8) is 0 Å². The quantitative estimate of drug-likeness (QED) is 0.817. The van der Waals surface area contributed by atoms with Crippen molar-refractivity contribution < 1.29 is 4.79 Å². The molecule has 0 saturated carbocycles. The maximum atomic E-state index is 11.9. The lowest BCUT2D eigenvalue weighted by molar-refractivity contribution is 0.0977. The zero-order valence-corrected chi connectivity index (χ0v) is 11.1. The summed E-state index contributed by atoms with van der Waals surface area (Å²) in [6.07, 6.45) is 4.61. The number of amides is 1. The highest BCUT2D eigenvalue weighted by atomic mass is 32.1. The van der Waals surface area contributed by atoms with Crippen LogP contribution in [-0.2, 0) is 0 Å². The maximum Gasteiger partial charge on any atom is 0.257 e. The van der Waals surface area contributed by atoms with Crippen LogP contribution in [-0.4, -0.2) is 21.0 Å². The molecule has 6 heteroatoms. The van der Waals surface area contributed by atoms with Gasteiger partial charge in [0.25, 0.3) is 5.91 Å². The van der Waals surface area contributed by atoms with E-state index in [4.69, 9.17) is 12.2 Å². The molecule has 1 amide bonds. The predicted octanol–water partition coefficient (Wildman–Crippen LogP) is 1.91. The molecule has 2 aromatic rings. The van der Waals surface area contributed by atoms with Gasteiger partial charge in [-0.3, -0.25) is 15.1 Å². The third-order valence-electron chi connectivity index (χ3n) is 2.31. The van der Waals surface area contributed by atoms with Gasteiger partial charge in [0.2, 0.25) is 0 Å². The first kappa shape index (κ1) is 13.1. The minimum absolute atomic E-state index is 0.187. The minimum Gasteiger partial charge on any atom is -0.316 e. The first-order valence-electron chi connectivity index (χ1n) is 5.60. The Morgan fingerprint density at radius 2 is 2.16 bits per heavy atom. The van der Waals surface area contributed by atoms with E-state index < -0.39 is 0 Å². The van der Waals surface area contributed by atoms with Crippen LogP contribution in [0.5, 0.6) is 0 Å². The van der Waals surface area contributed by atoms with Gasteiger partial charge in [0.05, 0.1) is 6.20 Å². The molecular weight excluding hydrogens is 260 g/mol. The molecule has 0 fully saturated rings. The molecule has 0 saturated heterocycles. The number of carbonyl (C=O) groups is 1. The van der Waals surface area contributed by atoms with Gasteiger partial charge in [-0.05, 0) is 31.3 Å². The molecule has 1 aromatic heterocycles. The number of anilines is 1. The Morgan fingerprint density at radius 3 is 2.84 bits per heavy atom. The van der Waals surface area contributed by atoms with Crippen LogP contribution in [0, 0.1) is 6.92 Å². The molecule has 2 N–H and O–H groups in total. The summed E-state index contributed by atoms with van der Waals surface area (Å²) in [5.74, 6) is 0.224. The molecule has 5 nitrogen and oxygen atoms in total. The van der Waals surface area contributed by atoms with E-state index in [1.54, 1.807) is 18.3 Å². The molecular formula is C13H12N4OS. The molecule has 0 atom stereocenters. The summed E-state index contributed by atoms with van der Waals surface area (Å²) < 4.78 is 0. The van der Waals surface area contributed by atoms with E-state index in [-0.39, 0.29) is 11.0 Å². The van der Waals surface area contributed by atoms with Crippen molar-refractivity contribution in [3.8, 4) is 0 Å². The molecule has 1 heterocycles. The van der Waals surface area contributed by atoms with Gasteiger partial charge < -0.3 is 5.32 Å². The second-order valence-corrected chi connectivity index (χ2v) is 4.28. The SMILES string of the molecule is Cc1cccc(C(=O)NC(=S)Nc2cnccn2)c1. The smallest absolute Gasteiger partial charge is 0.257 e. The molecule has 19 heavy (non-hydrogen) atoms. The Bertz CT molecular complexity index is 601. The highest BCUT2D eigenvalue weighted by Gasteiger charge is 2.08. The topological polar surface area (TPSA) is 66.9 Å². The van der Waals surface area contributed by atoms with Gasteiger partial charge in [0, 0.05) is 18.0 Å². The van der Waals surface area contributed by atoms with Gasteiger partial charge in [0.1, 0.15) is 0 Å². The van der Waals surface area contributed by atoms with Crippen molar-refractivity contribution in [2.75, 3.05) is 5.32 Å². The van der Waals surface area contributed by atoms with Gasteiger partial charge in [-0.2, -0.15) is 0 Å². The van der Waals surface area contributed by atoms with Crippen LogP contribution < -0.4 is 10.6 Å². The number of aromatic nitrogens is 2. The van der Waals surface area contributed by atoms with Crippen molar-refractivity contribution in [2.45, 2.75) is 6.92 Å². The fourth-order valence-electron chi connectivity index (χ4n) is 1.47. The molecule has 0 radical (unpaired) electrons. The van der Waals surface area contributed by atoms with E-state index in [9.17, 15) is 4.79 Å². The number of rotatable bonds is 2. The van der Waals surface area contributed by atoms with Gasteiger partial charge in [0.15, 0.2) is 10.9 Å². The first-order valence-corrected chi connectivity index (χ1v) is 6.01. The Hall–Kier alpha value is -2.34. The summed E-state index contributed by atoms with van der Waals surface area (Å²) in [7, 11) is 0. The monoisotopic (exact) mass is 272 g/mol. The average Bonchev–Trinajstić information content (AvgIpc) is 2.39. The first-order chi connectivity index (χ1) is 9.15. The number of aryl methyl sites for hydroxylation is 1.